The Bertz CT molecular complexity index is 787. The molecule has 2 heterocycles. The summed E-state index contributed by atoms with van der Waals surface area (Å²) in [5.74, 6) is -0.860. The summed E-state index contributed by atoms with van der Waals surface area (Å²) in [6.45, 7) is -1.13. The Hall–Kier alpha value is -2.35. The molecule has 0 aliphatic rings. The first-order valence-corrected chi connectivity index (χ1v) is 7.22. The smallest absolute Gasteiger partial charge is 0.332 e. The lowest BCUT2D eigenvalue weighted by Gasteiger charge is -2.19. The zero-order chi connectivity index (χ0) is 17.9. The number of nitrogens with zero attached hydrogens (tertiary/aromatic N) is 3. The third-order valence-electron chi connectivity index (χ3n) is 3.21. The summed E-state index contributed by atoms with van der Waals surface area (Å²) < 4.78 is 38.7. The summed E-state index contributed by atoms with van der Waals surface area (Å²) in [7, 11) is 1.05. The number of halogens is 4. The summed E-state index contributed by atoms with van der Waals surface area (Å²) in [6, 6.07) is 6.14. The lowest BCUT2D eigenvalue weighted by atomic mass is 10.2. The van der Waals surface area contributed by atoms with Gasteiger partial charge in [-0.15, -0.1) is 0 Å². The van der Waals surface area contributed by atoms with Gasteiger partial charge in [0.1, 0.15) is 17.2 Å². The minimum atomic E-state index is -4.49. The molecule has 1 amide bonds. The van der Waals surface area contributed by atoms with Gasteiger partial charge in [-0.3, -0.25) is 10.2 Å². The van der Waals surface area contributed by atoms with E-state index in [2.05, 4.69) is 4.98 Å². The minimum absolute atomic E-state index is 0.105. The van der Waals surface area contributed by atoms with Gasteiger partial charge in [-0.2, -0.15) is 13.2 Å². The van der Waals surface area contributed by atoms with Crippen molar-refractivity contribution in [1.29, 1.82) is 5.41 Å². The van der Waals surface area contributed by atoms with E-state index < -0.39 is 18.6 Å². The van der Waals surface area contributed by atoms with Gasteiger partial charge in [0, 0.05) is 19.4 Å². The Balaban J connectivity index is 2.25. The third-order valence-corrected chi connectivity index (χ3v) is 3.43. The second kappa shape index (κ2) is 7.04. The highest BCUT2D eigenvalue weighted by molar-refractivity contribution is 6.29. The van der Waals surface area contributed by atoms with Crippen molar-refractivity contribution in [2.45, 2.75) is 12.7 Å². The maximum absolute atomic E-state index is 12.4. The first-order chi connectivity index (χ1) is 11.2. The molecule has 1 N–H and O–H groups in total. The average molecular weight is 359 g/mol. The molecule has 2 rings (SSSR count). The Labute approximate surface area is 140 Å². The second-order valence-corrected chi connectivity index (χ2v) is 5.55. The molecule has 0 fully saturated rings. The van der Waals surface area contributed by atoms with E-state index in [0.717, 1.165) is 12.6 Å². The molecule has 0 atom stereocenters. The summed E-state index contributed by atoms with van der Waals surface area (Å²) in [4.78, 5) is 16.6. The predicted octanol–water partition coefficient (Wildman–Crippen LogP) is 2.70. The first kappa shape index (κ1) is 18.0. The standard InChI is InChI=1S/C15H14ClF3N4O/c1-22(9-15(17,18)19)14(24)11-3-2-6-23(13(11)20)8-10-4-5-12(16)21-7-10/h2-7,20H,8-9H2,1H3. The predicted molar refractivity (Wildman–Crippen MR) is 81.7 cm³/mol. The van der Waals surface area contributed by atoms with Gasteiger partial charge in [0.05, 0.1) is 12.1 Å². The maximum Gasteiger partial charge on any atom is 0.406 e. The molecule has 2 aromatic heterocycles. The molecule has 2 aromatic rings. The fourth-order valence-corrected chi connectivity index (χ4v) is 2.21. The summed E-state index contributed by atoms with van der Waals surface area (Å²) in [6.07, 6.45) is -1.40. The molecule has 0 radical (unpaired) electrons. The normalized spacial score (nSPS) is 11.4. The monoisotopic (exact) mass is 358 g/mol. The Morgan fingerprint density at radius 3 is 2.67 bits per heavy atom. The zero-order valence-corrected chi connectivity index (χ0v) is 13.4. The van der Waals surface area contributed by atoms with Crippen molar-refractivity contribution in [3.8, 4) is 0 Å². The van der Waals surface area contributed by atoms with Crippen molar-refractivity contribution in [1.82, 2.24) is 14.5 Å². The molecule has 24 heavy (non-hydrogen) atoms. The van der Waals surface area contributed by atoms with E-state index in [1.54, 1.807) is 18.3 Å². The fraction of sp³-hybridized carbons (Fsp3) is 0.267. The zero-order valence-electron chi connectivity index (χ0n) is 12.6. The number of carbonyl (C=O) groups is 1. The van der Waals surface area contributed by atoms with Gasteiger partial charge in [-0.1, -0.05) is 17.7 Å². The number of hydrogen-bond donors (Lipinski definition) is 1. The largest absolute Gasteiger partial charge is 0.406 e. The van der Waals surface area contributed by atoms with Crippen LogP contribution in [0.4, 0.5) is 13.2 Å². The number of amides is 1. The fourth-order valence-electron chi connectivity index (χ4n) is 2.10. The molecule has 0 spiro atoms. The maximum atomic E-state index is 12.4. The molecule has 0 saturated carbocycles. The number of nitrogens with one attached hydrogen (secondary N) is 1. The van der Waals surface area contributed by atoms with Crippen LogP contribution in [0.15, 0.2) is 36.7 Å². The van der Waals surface area contributed by atoms with Crippen LogP contribution in [0.5, 0.6) is 0 Å². The number of aromatic nitrogens is 2. The highest BCUT2D eigenvalue weighted by atomic mass is 35.5. The summed E-state index contributed by atoms with van der Waals surface area (Å²) in [5, 5.41) is 8.41. The van der Waals surface area contributed by atoms with Crippen LogP contribution in [-0.4, -0.2) is 40.1 Å². The number of rotatable bonds is 4. The van der Waals surface area contributed by atoms with Crippen LogP contribution in [0.3, 0.4) is 0 Å². The lowest BCUT2D eigenvalue weighted by Crippen LogP contribution is -2.39. The Morgan fingerprint density at radius 1 is 1.38 bits per heavy atom. The van der Waals surface area contributed by atoms with Crippen molar-refractivity contribution in [2.75, 3.05) is 13.6 Å². The van der Waals surface area contributed by atoms with Crippen molar-refractivity contribution < 1.29 is 18.0 Å². The van der Waals surface area contributed by atoms with E-state index >= 15 is 0 Å². The number of pyridine rings is 2. The van der Waals surface area contributed by atoms with Crippen molar-refractivity contribution in [2.24, 2.45) is 0 Å². The van der Waals surface area contributed by atoms with Gasteiger partial charge < -0.3 is 9.47 Å². The minimum Gasteiger partial charge on any atom is -0.332 e. The molecular weight excluding hydrogens is 345 g/mol. The van der Waals surface area contributed by atoms with Crippen LogP contribution in [0, 0.1) is 5.41 Å². The number of carbonyl (C=O) groups excluding carboxylic acids is 1. The van der Waals surface area contributed by atoms with E-state index in [0.29, 0.717) is 10.1 Å². The topological polar surface area (TPSA) is 62.0 Å². The molecule has 5 nitrogen and oxygen atoms in total. The van der Waals surface area contributed by atoms with E-state index in [1.165, 1.54) is 22.9 Å². The Morgan fingerprint density at radius 2 is 2.08 bits per heavy atom. The molecule has 128 valence electrons. The molecule has 9 heteroatoms. The molecule has 0 aliphatic heterocycles. The van der Waals surface area contributed by atoms with Gasteiger partial charge in [0.25, 0.3) is 5.91 Å². The van der Waals surface area contributed by atoms with Gasteiger partial charge in [0.15, 0.2) is 0 Å². The van der Waals surface area contributed by atoms with Crippen LogP contribution >= 0.6 is 11.6 Å². The molecule has 0 aromatic carbocycles. The van der Waals surface area contributed by atoms with Crippen molar-refractivity contribution >= 4 is 17.5 Å². The van der Waals surface area contributed by atoms with E-state index in [1.807, 2.05) is 0 Å². The highest BCUT2D eigenvalue weighted by Gasteiger charge is 2.31. The summed E-state index contributed by atoms with van der Waals surface area (Å²) in [5.41, 5.74) is 0.462. The summed E-state index contributed by atoms with van der Waals surface area (Å²) >= 11 is 5.70. The SMILES string of the molecule is CN(CC(F)(F)F)C(=O)c1cccn(Cc2ccc(Cl)nc2)c1=N. The van der Waals surface area contributed by atoms with Crippen LogP contribution in [0.2, 0.25) is 5.15 Å². The van der Waals surface area contributed by atoms with Crippen molar-refractivity contribution in [3.63, 3.8) is 0 Å². The number of alkyl halides is 3. The van der Waals surface area contributed by atoms with Gasteiger partial charge >= 0.3 is 6.18 Å². The number of hydrogen-bond acceptors (Lipinski definition) is 3. The molecule has 0 unspecified atom stereocenters. The molecule has 0 bridgehead atoms. The Kier molecular flexibility index (Phi) is 5.28. The molecule has 0 aliphatic carbocycles. The molecular formula is C15H14ClF3N4O. The molecule has 0 saturated heterocycles. The van der Waals surface area contributed by atoms with Gasteiger partial charge in [0.2, 0.25) is 0 Å². The van der Waals surface area contributed by atoms with Gasteiger partial charge in [-0.05, 0) is 23.8 Å². The third kappa shape index (κ3) is 4.58. The van der Waals surface area contributed by atoms with Crippen LogP contribution < -0.4 is 5.49 Å². The van der Waals surface area contributed by atoms with Gasteiger partial charge in [-0.25, -0.2) is 4.98 Å². The van der Waals surface area contributed by atoms with Crippen LogP contribution in [-0.2, 0) is 6.54 Å². The van der Waals surface area contributed by atoms with E-state index in [9.17, 15) is 18.0 Å². The first-order valence-electron chi connectivity index (χ1n) is 6.84. The van der Waals surface area contributed by atoms with Crippen LogP contribution in [0.25, 0.3) is 0 Å². The van der Waals surface area contributed by atoms with Crippen molar-refractivity contribution in [3.05, 3.63) is 58.4 Å². The lowest BCUT2D eigenvalue weighted by molar-refractivity contribution is -0.138. The van der Waals surface area contributed by atoms with Crippen LogP contribution in [0.1, 0.15) is 15.9 Å². The highest BCUT2D eigenvalue weighted by Crippen LogP contribution is 2.16. The van der Waals surface area contributed by atoms with E-state index in [4.69, 9.17) is 17.0 Å². The average Bonchev–Trinajstić information content (AvgIpc) is 2.49. The second-order valence-electron chi connectivity index (χ2n) is 5.16. The van der Waals surface area contributed by atoms with E-state index in [-0.39, 0.29) is 17.6 Å². The quantitative estimate of drug-likeness (QED) is 0.854.